The molecular weight excluding hydrogens is 257 g/mol. The average molecular weight is 275 g/mol. The smallest absolute Gasteiger partial charge is 0.224 e. The number of rotatable bonds is 4. The molecule has 0 unspecified atom stereocenters. The summed E-state index contributed by atoms with van der Waals surface area (Å²) >= 11 is 0. The quantitative estimate of drug-likeness (QED) is 0.928. The molecule has 1 N–H and O–H groups in total. The van der Waals surface area contributed by atoms with E-state index in [1.54, 1.807) is 16.8 Å². The third-order valence-corrected chi connectivity index (χ3v) is 3.40. The molecule has 0 aliphatic rings. The van der Waals surface area contributed by atoms with Crippen molar-refractivity contribution >= 4 is 5.91 Å². The van der Waals surface area contributed by atoms with Gasteiger partial charge in [-0.2, -0.15) is 5.10 Å². The van der Waals surface area contributed by atoms with Gasteiger partial charge in [-0.3, -0.25) is 9.48 Å². The minimum Gasteiger partial charge on any atom is -0.352 e. The summed E-state index contributed by atoms with van der Waals surface area (Å²) in [5.74, 6) is -0.380. The van der Waals surface area contributed by atoms with Crippen molar-refractivity contribution in [2.75, 3.05) is 0 Å². The molecule has 0 bridgehead atoms. The molecule has 2 aromatic rings. The van der Waals surface area contributed by atoms with Crippen molar-refractivity contribution in [3.8, 4) is 0 Å². The topological polar surface area (TPSA) is 46.9 Å². The SMILES string of the molecule is Cc1nn(C)c(C)c1CNC(=O)Cc1ccc(F)cc1. The van der Waals surface area contributed by atoms with Gasteiger partial charge in [0.2, 0.25) is 5.91 Å². The molecule has 0 saturated heterocycles. The first-order chi connectivity index (χ1) is 9.47. The van der Waals surface area contributed by atoms with E-state index in [4.69, 9.17) is 0 Å². The van der Waals surface area contributed by atoms with E-state index in [-0.39, 0.29) is 18.1 Å². The minimum atomic E-state index is -0.296. The average Bonchev–Trinajstić information content (AvgIpc) is 2.64. The second-order valence-electron chi connectivity index (χ2n) is 4.85. The van der Waals surface area contributed by atoms with Crippen LogP contribution in [0, 0.1) is 19.7 Å². The summed E-state index contributed by atoms with van der Waals surface area (Å²) in [6.07, 6.45) is 0.249. The van der Waals surface area contributed by atoms with Crippen molar-refractivity contribution in [1.29, 1.82) is 0 Å². The number of aryl methyl sites for hydroxylation is 2. The summed E-state index contributed by atoms with van der Waals surface area (Å²) in [6, 6.07) is 5.96. The van der Waals surface area contributed by atoms with Gasteiger partial charge in [-0.25, -0.2) is 4.39 Å². The third-order valence-electron chi connectivity index (χ3n) is 3.40. The molecule has 0 spiro atoms. The first kappa shape index (κ1) is 14.2. The molecule has 20 heavy (non-hydrogen) atoms. The van der Waals surface area contributed by atoms with Crippen LogP contribution in [0.4, 0.5) is 4.39 Å². The zero-order valence-electron chi connectivity index (χ0n) is 11.9. The minimum absolute atomic E-state index is 0.0840. The van der Waals surface area contributed by atoms with E-state index >= 15 is 0 Å². The van der Waals surface area contributed by atoms with Crippen LogP contribution in [-0.2, 0) is 24.8 Å². The molecule has 0 saturated carbocycles. The Balaban J connectivity index is 1.94. The lowest BCUT2D eigenvalue weighted by Gasteiger charge is -2.06. The predicted molar refractivity (Wildman–Crippen MR) is 74.6 cm³/mol. The van der Waals surface area contributed by atoms with Crippen LogP contribution in [0.5, 0.6) is 0 Å². The summed E-state index contributed by atoms with van der Waals surface area (Å²) in [5, 5.41) is 7.18. The molecule has 1 aromatic carbocycles. The van der Waals surface area contributed by atoms with Crippen molar-refractivity contribution in [1.82, 2.24) is 15.1 Å². The summed E-state index contributed by atoms with van der Waals surface area (Å²) < 4.78 is 14.6. The molecule has 0 aliphatic heterocycles. The van der Waals surface area contributed by atoms with E-state index in [2.05, 4.69) is 10.4 Å². The van der Waals surface area contributed by atoms with E-state index in [0.29, 0.717) is 6.54 Å². The van der Waals surface area contributed by atoms with Gasteiger partial charge in [-0.15, -0.1) is 0 Å². The Morgan fingerprint density at radius 3 is 2.50 bits per heavy atom. The molecular formula is C15H18FN3O. The number of carbonyl (C=O) groups is 1. The van der Waals surface area contributed by atoms with Gasteiger partial charge in [0.05, 0.1) is 12.1 Å². The highest BCUT2D eigenvalue weighted by molar-refractivity contribution is 5.78. The molecule has 1 heterocycles. The van der Waals surface area contributed by atoms with Crippen molar-refractivity contribution in [2.24, 2.45) is 7.05 Å². The number of nitrogens with zero attached hydrogens (tertiary/aromatic N) is 2. The Morgan fingerprint density at radius 2 is 1.95 bits per heavy atom. The molecule has 0 radical (unpaired) electrons. The Morgan fingerprint density at radius 1 is 1.30 bits per heavy atom. The zero-order valence-corrected chi connectivity index (χ0v) is 11.9. The highest BCUT2D eigenvalue weighted by atomic mass is 19.1. The second kappa shape index (κ2) is 5.86. The van der Waals surface area contributed by atoms with Gasteiger partial charge in [0, 0.05) is 24.8 Å². The van der Waals surface area contributed by atoms with Crippen molar-refractivity contribution in [3.63, 3.8) is 0 Å². The highest BCUT2D eigenvalue weighted by Crippen LogP contribution is 2.11. The van der Waals surface area contributed by atoms with Crippen LogP contribution < -0.4 is 5.32 Å². The number of carbonyl (C=O) groups excluding carboxylic acids is 1. The van der Waals surface area contributed by atoms with E-state index < -0.39 is 0 Å². The van der Waals surface area contributed by atoms with Gasteiger partial charge in [-0.1, -0.05) is 12.1 Å². The third kappa shape index (κ3) is 3.23. The summed E-state index contributed by atoms with van der Waals surface area (Å²) in [6.45, 7) is 4.36. The summed E-state index contributed by atoms with van der Waals surface area (Å²) in [7, 11) is 1.88. The fourth-order valence-corrected chi connectivity index (χ4v) is 2.11. The number of hydrogen-bond acceptors (Lipinski definition) is 2. The van der Waals surface area contributed by atoms with Crippen LogP contribution in [0.3, 0.4) is 0 Å². The van der Waals surface area contributed by atoms with Crippen LogP contribution in [0.1, 0.15) is 22.5 Å². The normalized spacial score (nSPS) is 10.6. The van der Waals surface area contributed by atoms with Gasteiger partial charge in [0.15, 0.2) is 0 Å². The van der Waals surface area contributed by atoms with Gasteiger partial charge >= 0.3 is 0 Å². The van der Waals surface area contributed by atoms with Gasteiger partial charge in [0.25, 0.3) is 0 Å². The number of amides is 1. The van der Waals surface area contributed by atoms with Crippen LogP contribution in [-0.4, -0.2) is 15.7 Å². The van der Waals surface area contributed by atoms with Crippen LogP contribution >= 0.6 is 0 Å². The molecule has 0 atom stereocenters. The first-order valence-corrected chi connectivity index (χ1v) is 6.47. The Bertz CT molecular complexity index is 617. The Labute approximate surface area is 117 Å². The Hall–Kier alpha value is -2.17. The molecule has 1 amide bonds. The van der Waals surface area contributed by atoms with Crippen LogP contribution in [0.15, 0.2) is 24.3 Å². The predicted octanol–water partition coefficient (Wildman–Crippen LogP) is 2.03. The van der Waals surface area contributed by atoms with E-state index in [1.165, 1.54) is 12.1 Å². The first-order valence-electron chi connectivity index (χ1n) is 6.47. The highest BCUT2D eigenvalue weighted by Gasteiger charge is 2.10. The van der Waals surface area contributed by atoms with E-state index in [0.717, 1.165) is 22.5 Å². The lowest BCUT2D eigenvalue weighted by molar-refractivity contribution is -0.120. The molecule has 0 aliphatic carbocycles. The van der Waals surface area contributed by atoms with Gasteiger partial charge in [-0.05, 0) is 31.5 Å². The maximum atomic E-state index is 12.8. The van der Waals surface area contributed by atoms with E-state index in [9.17, 15) is 9.18 Å². The second-order valence-corrected chi connectivity index (χ2v) is 4.85. The summed E-state index contributed by atoms with van der Waals surface area (Å²) in [4.78, 5) is 11.9. The standard InChI is InChI=1S/C15H18FN3O/c1-10-14(11(2)19(3)18-10)9-17-15(20)8-12-4-6-13(16)7-5-12/h4-7H,8-9H2,1-3H3,(H,17,20). The van der Waals surface area contributed by atoms with Crippen LogP contribution in [0.25, 0.3) is 0 Å². The number of aromatic nitrogens is 2. The van der Waals surface area contributed by atoms with Crippen LogP contribution in [0.2, 0.25) is 0 Å². The van der Waals surface area contributed by atoms with Crippen molar-refractivity contribution in [2.45, 2.75) is 26.8 Å². The molecule has 5 heteroatoms. The number of hydrogen-bond donors (Lipinski definition) is 1. The lowest BCUT2D eigenvalue weighted by Crippen LogP contribution is -2.25. The fourth-order valence-electron chi connectivity index (χ4n) is 2.11. The van der Waals surface area contributed by atoms with Gasteiger partial charge in [0.1, 0.15) is 5.82 Å². The molecule has 1 aromatic heterocycles. The van der Waals surface area contributed by atoms with Crippen molar-refractivity contribution in [3.05, 3.63) is 52.6 Å². The summed E-state index contributed by atoms with van der Waals surface area (Å²) in [5.41, 5.74) is 3.81. The largest absolute Gasteiger partial charge is 0.352 e. The number of nitrogens with one attached hydrogen (secondary N) is 1. The molecule has 2 rings (SSSR count). The maximum absolute atomic E-state index is 12.8. The number of benzene rings is 1. The molecule has 106 valence electrons. The Kier molecular flexibility index (Phi) is 4.17. The maximum Gasteiger partial charge on any atom is 0.224 e. The fraction of sp³-hybridized carbons (Fsp3) is 0.333. The molecule has 4 nitrogen and oxygen atoms in total. The lowest BCUT2D eigenvalue weighted by atomic mass is 10.1. The zero-order chi connectivity index (χ0) is 14.7. The van der Waals surface area contributed by atoms with Crippen molar-refractivity contribution < 1.29 is 9.18 Å². The molecule has 0 fully saturated rings. The monoisotopic (exact) mass is 275 g/mol. The van der Waals surface area contributed by atoms with E-state index in [1.807, 2.05) is 20.9 Å². The van der Waals surface area contributed by atoms with Gasteiger partial charge < -0.3 is 5.32 Å². The number of halogens is 1.